The van der Waals surface area contributed by atoms with Gasteiger partial charge >= 0.3 is 0 Å². The van der Waals surface area contributed by atoms with E-state index in [4.69, 9.17) is 16.7 Å². The molecule has 0 saturated heterocycles. The Morgan fingerprint density at radius 2 is 1.96 bits per heavy atom. The van der Waals surface area contributed by atoms with Crippen LogP contribution in [0.25, 0.3) is 0 Å². The van der Waals surface area contributed by atoms with Gasteiger partial charge in [0, 0.05) is 17.2 Å². The standard InChI is InChI=1S/C14H10ClN3O5/c15-10-3-1-8(5-11(10)18(22)23)7-16-17-14(21)9-2-4-12(19)13(20)6-9/h1-7,19-20H,(H,17,21)/b16-7-. The molecule has 0 fully saturated rings. The van der Waals surface area contributed by atoms with Crippen LogP contribution in [0.4, 0.5) is 5.69 Å². The Bertz CT molecular complexity index is 807. The summed E-state index contributed by atoms with van der Waals surface area (Å²) in [6, 6.07) is 7.60. The fraction of sp³-hybridized carbons (Fsp3) is 0. The van der Waals surface area contributed by atoms with Gasteiger partial charge in [0.15, 0.2) is 11.5 Å². The van der Waals surface area contributed by atoms with Gasteiger partial charge in [0.25, 0.3) is 11.6 Å². The molecule has 2 rings (SSSR count). The van der Waals surface area contributed by atoms with Gasteiger partial charge in [0.2, 0.25) is 0 Å². The first-order valence-electron chi connectivity index (χ1n) is 6.18. The summed E-state index contributed by atoms with van der Waals surface area (Å²) in [5.41, 5.74) is 2.37. The van der Waals surface area contributed by atoms with E-state index in [1.807, 2.05) is 0 Å². The molecule has 8 nitrogen and oxygen atoms in total. The minimum Gasteiger partial charge on any atom is -0.504 e. The van der Waals surface area contributed by atoms with Crippen LogP contribution in [0.5, 0.6) is 11.5 Å². The molecule has 0 aliphatic heterocycles. The van der Waals surface area contributed by atoms with Crippen LogP contribution in [0, 0.1) is 10.1 Å². The number of hydrazone groups is 1. The van der Waals surface area contributed by atoms with Crippen molar-refractivity contribution in [2.75, 3.05) is 0 Å². The number of hydrogen-bond acceptors (Lipinski definition) is 6. The van der Waals surface area contributed by atoms with Gasteiger partial charge in [-0.15, -0.1) is 0 Å². The highest BCUT2D eigenvalue weighted by Crippen LogP contribution is 2.25. The molecule has 0 radical (unpaired) electrons. The van der Waals surface area contributed by atoms with Gasteiger partial charge < -0.3 is 10.2 Å². The zero-order valence-electron chi connectivity index (χ0n) is 11.4. The molecule has 0 unspecified atom stereocenters. The molecule has 0 heterocycles. The molecule has 9 heteroatoms. The van der Waals surface area contributed by atoms with Crippen LogP contribution in [0.2, 0.25) is 5.02 Å². The number of rotatable bonds is 4. The first-order valence-corrected chi connectivity index (χ1v) is 6.55. The van der Waals surface area contributed by atoms with Gasteiger partial charge in [-0.05, 0) is 24.3 Å². The number of phenols is 2. The summed E-state index contributed by atoms with van der Waals surface area (Å²) in [7, 11) is 0. The number of nitrogens with zero attached hydrogens (tertiary/aromatic N) is 2. The molecule has 0 saturated carbocycles. The summed E-state index contributed by atoms with van der Waals surface area (Å²) in [4.78, 5) is 21.9. The number of nitrogens with one attached hydrogen (secondary N) is 1. The first kappa shape index (κ1) is 16.2. The van der Waals surface area contributed by atoms with Crippen molar-refractivity contribution in [1.29, 1.82) is 0 Å². The Hall–Kier alpha value is -3.13. The lowest BCUT2D eigenvalue weighted by Gasteiger charge is -2.02. The topological polar surface area (TPSA) is 125 Å². The largest absolute Gasteiger partial charge is 0.504 e. The Balaban J connectivity index is 2.09. The minimum absolute atomic E-state index is 0.00393. The van der Waals surface area contributed by atoms with Crippen molar-refractivity contribution in [3.63, 3.8) is 0 Å². The number of nitro benzene ring substituents is 1. The number of halogens is 1. The molecule has 0 aliphatic rings. The molecule has 0 aromatic heterocycles. The van der Waals surface area contributed by atoms with Crippen molar-refractivity contribution in [1.82, 2.24) is 5.43 Å². The number of hydrogen-bond donors (Lipinski definition) is 3. The zero-order valence-corrected chi connectivity index (χ0v) is 12.2. The lowest BCUT2D eigenvalue weighted by Crippen LogP contribution is -2.17. The molecule has 0 spiro atoms. The van der Waals surface area contributed by atoms with Crippen LogP contribution in [0.15, 0.2) is 41.5 Å². The molecule has 2 aromatic rings. The molecular formula is C14H10ClN3O5. The normalized spacial score (nSPS) is 10.7. The average Bonchev–Trinajstić information content (AvgIpc) is 2.51. The van der Waals surface area contributed by atoms with E-state index >= 15 is 0 Å². The molecule has 1 amide bonds. The molecule has 0 bridgehead atoms. The number of amides is 1. The van der Waals surface area contributed by atoms with Gasteiger partial charge in [-0.3, -0.25) is 14.9 Å². The Kier molecular flexibility index (Phi) is 4.77. The summed E-state index contributed by atoms with van der Waals surface area (Å²) < 4.78 is 0. The third kappa shape index (κ3) is 3.95. The molecule has 0 aliphatic carbocycles. The van der Waals surface area contributed by atoms with E-state index in [1.165, 1.54) is 30.5 Å². The van der Waals surface area contributed by atoms with Crippen LogP contribution < -0.4 is 5.43 Å². The molecule has 3 N–H and O–H groups in total. The Morgan fingerprint density at radius 3 is 2.61 bits per heavy atom. The molecule has 118 valence electrons. The Labute approximate surface area is 134 Å². The first-order chi connectivity index (χ1) is 10.9. The maximum atomic E-state index is 11.8. The number of benzene rings is 2. The van der Waals surface area contributed by atoms with Gasteiger partial charge in [-0.25, -0.2) is 5.43 Å². The van der Waals surface area contributed by atoms with E-state index in [9.17, 15) is 20.0 Å². The molecular weight excluding hydrogens is 326 g/mol. The summed E-state index contributed by atoms with van der Waals surface area (Å²) in [5.74, 6) is -1.41. The predicted octanol–water partition coefficient (Wildman–Crippen LogP) is 2.42. The number of carbonyl (C=O) groups excluding carboxylic acids is 1. The van der Waals surface area contributed by atoms with Crippen LogP contribution >= 0.6 is 11.6 Å². The monoisotopic (exact) mass is 335 g/mol. The maximum Gasteiger partial charge on any atom is 0.288 e. The predicted molar refractivity (Wildman–Crippen MR) is 82.9 cm³/mol. The van der Waals surface area contributed by atoms with Gasteiger partial charge in [-0.2, -0.15) is 5.10 Å². The molecule has 0 atom stereocenters. The van der Waals surface area contributed by atoms with E-state index in [0.29, 0.717) is 5.56 Å². The number of phenolic OH excluding ortho intramolecular Hbond substituents is 2. The van der Waals surface area contributed by atoms with Crippen molar-refractivity contribution < 1.29 is 19.9 Å². The molecule has 23 heavy (non-hydrogen) atoms. The van der Waals surface area contributed by atoms with E-state index in [0.717, 1.165) is 12.1 Å². The quantitative estimate of drug-likeness (QED) is 0.342. The summed E-state index contributed by atoms with van der Waals surface area (Å²) >= 11 is 5.68. The number of carbonyl (C=O) groups is 1. The second-order valence-corrected chi connectivity index (χ2v) is 4.78. The highest BCUT2D eigenvalue weighted by atomic mass is 35.5. The summed E-state index contributed by atoms with van der Waals surface area (Å²) in [5, 5.41) is 32.9. The van der Waals surface area contributed by atoms with Gasteiger partial charge in [0.1, 0.15) is 5.02 Å². The maximum absolute atomic E-state index is 11.8. The van der Waals surface area contributed by atoms with Crippen LogP contribution in [0.1, 0.15) is 15.9 Å². The second kappa shape index (κ2) is 6.75. The van der Waals surface area contributed by atoms with E-state index < -0.39 is 16.6 Å². The number of aromatic hydroxyl groups is 2. The summed E-state index contributed by atoms with van der Waals surface area (Å²) in [6.45, 7) is 0. The lowest BCUT2D eigenvalue weighted by atomic mass is 10.2. The van der Waals surface area contributed by atoms with Crippen LogP contribution in [0.3, 0.4) is 0 Å². The van der Waals surface area contributed by atoms with Gasteiger partial charge in [0.05, 0.1) is 11.1 Å². The number of nitro groups is 1. The highest BCUT2D eigenvalue weighted by molar-refractivity contribution is 6.32. The van der Waals surface area contributed by atoms with E-state index in [2.05, 4.69) is 10.5 Å². The van der Waals surface area contributed by atoms with Crippen molar-refractivity contribution in [2.45, 2.75) is 0 Å². The Morgan fingerprint density at radius 1 is 1.22 bits per heavy atom. The van der Waals surface area contributed by atoms with E-state index in [-0.39, 0.29) is 22.0 Å². The molecule has 2 aromatic carbocycles. The van der Waals surface area contributed by atoms with Crippen LogP contribution in [-0.4, -0.2) is 27.3 Å². The third-order valence-corrected chi connectivity index (χ3v) is 3.10. The van der Waals surface area contributed by atoms with Crippen molar-refractivity contribution in [3.8, 4) is 11.5 Å². The van der Waals surface area contributed by atoms with Crippen LogP contribution in [-0.2, 0) is 0 Å². The SMILES string of the molecule is O=C(N/N=C\c1ccc(Cl)c([N+](=O)[O-])c1)c1ccc(O)c(O)c1. The fourth-order valence-corrected chi connectivity index (χ4v) is 1.83. The average molecular weight is 336 g/mol. The summed E-state index contributed by atoms with van der Waals surface area (Å²) in [6.07, 6.45) is 1.21. The van der Waals surface area contributed by atoms with E-state index in [1.54, 1.807) is 0 Å². The van der Waals surface area contributed by atoms with Crippen molar-refractivity contribution >= 4 is 29.4 Å². The highest BCUT2D eigenvalue weighted by Gasteiger charge is 2.12. The smallest absolute Gasteiger partial charge is 0.288 e. The van der Waals surface area contributed by atoms with Crippen molar-refractivity contribution in [2.24, 2.45) is 5.10 Å². The lowest BCUT2D eigenvalue weighted by molar-refractivity contribution is -0.384. The second-order valence-electron chi connectivity index (χ2n) is 4.37. The fourth-order valence-electron chi connectivity index (χ4n) is 1.64. The third-order valence-electron chi connectivity index (χ3n) is 2.78. The van der Waals surface area contributed by atoms with Gasteiger partial charge in [-0.1, -0.05) is 17.7 Å². The zero-order chi connectivity index (χ0) is 17.0. The van der Waals surface area contributed by atoms with Crippen molar-refractivity contribution in [3.05, 3.63) is 62.7 Å². The minimum atomic E-state index is -0.628.